The molecule has 1 amide bonds. The van der Waals surface area contributed by atoms with E-state index in [1.54, 1.807) is 19.1 Å². The van der Waals surface area contributed by atoms with Crippen molar-refractivity contribution in [2.75, 3.05) is 25.9 Å². The first-order chi connectivity index (χ1) is 9.30. The lowest BCUT2D eigenvalue weighted by Gasteiger charge is -2.18. The van der Waals surface area contributed by atoms with Gasteiger partial charge in [0.1, 0.15) is 0 Å². The summed E-state index contributed by atoms with van der Waals surface area (Å²) in [6.07, 6.45) is 0.802. The molecule has 3 N–H and O–H groups in total. The number of benzene rings is 1. The monoisotopic (exact) mass is 299 g/mol. The first kappa shape index (κ1) is 16.5. The van der Waals surface area contributed by atoms with Crippen LogP contribution in [0.4, 0.5) is 5.69 Å². The Morgan fingerprint density at radius 3 is 2.65 bits per heavy atom. The maximum absolute atomic E-state index is 12.4. The highest BCUT2D eigenvalue weighted by Gasteiger charge is 2.25. The Morgan fingerprint density at radius 1 is 1.40 bits per heavy atom. The van der Waals surface area contributed by atoms with Crippen molar-refractivity contribution in [1.82, 2.24) is 9.62 Å². The molecule has 0 aromatic heterocycles. The molecule has 0 aliphatic heterocycles. The molecule has 112 valence electrons. The Balaban J connectivity index is 2.93. The predicted octanol–water partition coefficient (Wildman–Crippen LogP) is 0.724. The molecule has 0 spiro atoms. The van der Waals surface area contributed by atoms with Gasteiger partial charge in [-0.05, 0) is 31.0 Å². The maximum atomic E-state index is 12.4. The highest BCUT2D eigenvalue weighted by Crippen LogP contribution is 2.22. The standard InChI is InChI=1S/C13H21N3O3S/c1-4-8-15-13(17)9-16(3)20(18,19)12-7-5-6-11(14)10(12)2/h5-7H,4,8-9,14H2,1-3H3,(H,15,17). The highest BCUT2D eigenvalue weighted by atomic mass is 32.2. The summed E-state index contributed by atoms with van der Waals surface area (Å²) in [4.78, 5) is 11.7. The van der Waals surface area contributed by atoms with Crippen LogP contribution in [0.5, 0.6) is 0 Å². The van der Waals surface area contributed by atoms with Crippen LogP contribution in [0, 0.1) is 6.92 Å². The number of rotatable bonds is 6. The van der Waals surface area contributed by atoms with Gasteiger partial charge in [0, 0.05) is 19.3 Å². The molecule has 0 atom stereocenters. The van der Waals surface area contributed by atoms with Gasteiger partial charge in [-0.1, -0.05) is 13.0 Å². The summed E-state index contributed by atoms with van der Waals surface area (Å²) >= 11 is 0. The van der Waals surface area contributed by atoms with E-state index in [1.165, 1.54) is 13.1 Å². The number of nitrogens with one attached hydrogen (secondary N) is 1. The second kappa shape index (κ2) is 6.71. The average Bonchev–Trinajstić information content (AvgIpc) is 2.39. The van der Waals surface area contributed by atoms with E-state index >= 15 is 0 Å². The molecule has 0 aliphatic carbocycles. The number of sulfonamides is 1. The number of anilines is 1. The zero-order valence-corrected chi connectivity index (χ0v) is 12.8. The molecule has 7 heteroatoms. The molecule has 0 saturated carbocycles. The number of amides is 1. The first-order valence-corrected chi connectivity index (χ1v) is 7.82. The van der Waals surface area contributed by atoms with Crippen molar-refractivity contribution in [2.45, 2.75) is 25.2 Å². The summed E-state index contributed by atoms with van der Waals surface area (Å²) in [5, 5.41) is 2.64. The molecule has 20 heavy (non-hydrogen) atoms. The molecule has 6 nitrogen and oxygen atoms in total. The molecule has 1 aromatic rings. The lowest BCUT2D eigenvalue weighted by molar-refractivity contribution is -0.121. The zero-order valence-electron chi connectivity index (χ0n) is 12.0. The van der Waals surface area contributed by atoms with Crippen LogP contribution >= 0.6 is 0 Å². The minimum atomic E-state index is -3.72. The molecule has 0 unspecified atom stereocenters. The average molecular weight is 299 g/mol. The summed E-state index contributed by atoms with van der Waals surface area (Å²) in [7, 11) is -2.34. The van der Waals surface area contributed by atoms with Crippen LogP contribution in [0.2, 0.25) is 0 Å². The molecule has 0 saturated heterocycles. The van der Waals surface area contributed by atoms with E-state index in [0.717, 1.165) is 10.7 Å². The number of nitrogen functional groups attached to an aromatic ring is 1. The number of likely N-dealkylation sites (N-methyl/N-ethyl adjacent to an activating group) is 1. The van der Waals surface area contributed by atoms with Crippen molar-refractivity contribution in [2.24, 2.45) is 0 Å². The van der Waals surface area contributed by atoms with Gasteiger partial charge in [-0.2, -0.15) is 4.31 Å². The fourth-order valence-corrected chi connectivity index (χ4v) is 3.06. The number of carbonyl (C=O) groups is 1. The summed E-state index contributed by atoms with van der Waals surface area (Å²) in [5.74, 6) is -0.320. The van der Waals surface area contributed by atoms with E-state index in [1.807, 2.05) is 6.92 Å². The second-order valence-electron chi connectivity index (χ2n) is 4.58. The smallest absolute Gasteiger partial charge is 0.243 e. The van der Waals surface area contributed by atoms with Crippen LogP contribution < -0.4 is 11.1 Å². The Morgan fingerprint density at radius 2 is 2.05 bits per heavy atom. The van der Waals surface area contributed by atoms with E-state index in [-0.39, 0.29) is 17.3 Å². The summed E-state index contributed by atoms with van der Waals surface area (Å²) in [6, 6.07) is 4.71. The zero-order chi connectivity index (χ0) is 15.3. The molecular formula is C13H21N3O3S. The molecular weight excluding hydrogens is 278 g/mol. The number of hydrogen-bond donors (Lipinski definition) is 2. The largest absolute Gasteiger partial charge is 0.398 e. The van der Waals surface area contributed by atoms with Crippen molar-refractivity contribution in [3.8, 4) is 0 Å². The van der Waals surface area contributed by atoms with E-state index in [0.29, 0.717) is 17.8 Å². The maximum Gasteiger partial charge on any atom is 0.243 e. The predicted molar refractivity (Wildman–Crippen MR) is 78.7 cm³/mol. The van der Waals surface area contributed by atoms with E-state index in [2.05, 4.69) is 5.32 Å². The van der Waals surface area contributed by atoms with Crippen molar-refractivity contribution in [3.05, 3.63) is 23.8 Å². The van der Waals surface area contributed by atoms with Crippen LogP contribution in [0.25, 0.3) is 0 Å². The quantitative estimate of drug-likeness (QED) is 0.757. The first-order valence-electron chi connectivity index (χ1n) is 6.38. The van der Waals surface area contributed by atoms with Crippen molar-refractivity contribution in [3.63, 3.8) is 0 Å². The SMILES string of the molecule is CCCNC(=O)CN(C)S(=O)(=O)c1cccc(N)c1C. The van der Waals surface area contributed by atoms with Gasteiger partial charge in [0.05, 0.1) is 11.4 Å². The van der Waals surface area contributed by atoms with Gasteiger partial charge >= 0.3 is 0 Å². The van der Waals surface area contributed by atoms with Crippen LogP contribution in [0.3, 0.4) is 0 Å². The van der Waals surface area contributed by atoms with Gasteiger partial charge in [-0.3, -0.25) is 4.79 Å². The summed E-state index contributed by atoms with van der Waals surface area (Å²) in [6.45, 7) is 3.89. The van der Waals surface area contributed by atoms with Gasteiger partial charge < -0.3 is 11.1 Å². The van der Waals surface area contributed by atoms with Crippen molar-refractivity contribution in [1.29, 1.82) is 0 Å². The Labute approximate surface area is 120 Å². The number of hydrogen-bond acceptors (Lipinski definition) is 4. The lowest BCUT2D eigenvalue weighted by Crippen LogP contribution is -2.38. The fourth-order valence-electron chi connectivity index (χ4n) is 1.69. The van der Waals surface area contributed by atoms with Crippen LogP contribution in [0.1, 0.15) is 18.9 Å². The van der Waals surface area contributed by atoms with Crippen molar-refractivity contribution < 1.29 is 13.2 Å². The molecule has 0 fully saturated rings. The van der Waals surface area contributed by atoms with Gasteiger partial charge in [-0.15, -0.1) is 0 Å². The number of nitrogens with two attached hydrogens (primary N) is 1. The molecule has 0 radical (unpaired) electrons. The van der Waals surface area contributed by atoms with Gasteiger partial charge in [0.2, 0.25) is 15.9 Å². The molecule has 0 heterocycles. The third-order valence-corrected chi connectivity index (χ3v) is 4.90. The van der Waals surface area contributed by atoms with Crippen LogP contribution in [-0.4, -0.2) is 38.8 Å². The molecule has 1 rings (SSSR count). The van der Waals surface area contributed by atoms with Gasteiger partial charge in [0.15, 0.2) is 0 Å². The lowest BCUT2D eigenvalue weighted by atomic mass is 10.2. The molecule has 1 aromatic carbocycles. The Kier molecular flexibility index (Phi) is 5.52. The number of nitrogens with zero attached hydrogens (tertiary/aromatic N) is 1. The van der Waals surface area contributed by atoms with E-state index < -0.39 is 10.0 Å². The highest BCUT2D eigenvalue weighted by molar-refractivity contribution is 7.89. The Hall–Kier alpha value is -1.60. The normalized spacial score (nSPS) is 11.6. The third-order valence-electron chi connectivity index (χ3n) is 2.95. The summed E-state index contributed by atoms with van der Waals surface area (Å²) in [5.41, 5.74) is 6.63. The minimum Gasteiger partial charge on any atom is -0.398 e. The minimum absolute atomic E-state index is 0.128. The van der Waals surface area contributed by atoms with Crippen LogP contribution in [0.15, 0.2) is 23.1 Å². The molecule has 0 aliphatic rings. The van der Waals surface area contributed by atoms with Crippen LogP contribution in [-0.2, 0) is 14.8 Å². The topological polar surface area (TPSA) is 92.5 Å². The third kappa shape index (κ3) is 3.71. The van der Waals surface area contributed by atoms with E-state index in [4.69, 9.17) is 5.73 Å². The van der Waals surface area contributed by atoms with Gasteiger partial charge in [0.25, 0.3) is 0 Å². The van der Waals surface area contributed by atoms with E-state index in [9.17, 15) is 13.2 Å². The summed E-state index contributed by atoms with van der Waals surface area (Å²) < 4.78 is 25.8. The van der Waals surface area contributed by atoms with Crippen molar-refractivity contribution >= 4 is 21.6 Å². The fraction of sp³-hybridized carbons (Fsp3) is 0.462. The number of carbonyl (C=O) groups excluding carboxylic acids is 1. The Bertz CT molecular complexity index is 585. The second-order valence-corrected chi connectivity index (χ2v) is 6.59. The van der Waals surface area contributed by atoms with Gasteiger partial charge in [-0.25, -0.2) is 8.42 Å². The molecule has 0 bridgehead atoms.